The first-order valence-electron chi connectivity index (χ1n) is 8.50. The number of hydrogen-bond donors (Lipinski definition) is 2. The second-order valence-corrected chi connectivity index (χ2v) is 7.49. The molecule has 0 aromatic heterocycles. The van der Waals surface area contributed by atoms with E-state index in [1.165, 1.54) is 37.0 Å². The maximum absolute atomic E-state index is 12.3. The molecule has 1 unspecified atom stereocenters. The van der Waals surface area contributed by atoms with E-state index in [1.807, 2.05) is 20.8 Å². The van der Waals surface area contributed by atoms with E-state index in [0.717, 1.165) is 24.9 Å². The Balaban J connectivity index is 1.84. The molecule has 2 fully saturated rings. The maximum atomic E-state index is 12.3. The quantitative estimate of drug-likeness (QED) is 0.816. The van der Waals surface area contributed by atoms with Crippen LogP contribution in [0.2, 0.25) is 0 Å². The summed E-state index contributed by atoms with van der Waals surface area (Å²) in [6, 6.07) is 2.25. The van der Waals surface area contributed by atoms with E-state index in [1.54, 1.807) is 0 Å². The van der Waals surface area contributed by atoms with E-state index in [4.69, 9.17) is 0 Å². The van der Waals surface area contributed by atoms with Gasteiger partial charge in [-0.3, -0.25) is 4.79 Å². The minimum atomic E-state index is -0.750. The molecule has 0 aromatic carbocycles. The molecule has 1 saturated heterocycles. The minimum Gasteiger partial charge on any atom is -0.333 e. The molecular weight excluding hydrogens is 262 g/mol. The van der Waals surface area contributed by atoms with E-state index in [2.05, 4.69) is 11.4 Å². The molecule has 2 rings (SSSR count). The van der Waals surface area contributed by atoms with Gasteiger partial charge in [-0.1, -0.05) is 26.7 Å². The van der Waals surface area contributed by atoms with Gasteiger partial charge in [-0.25, -0.2) is 0 Å². The van der Waals surface area contributed by atoms with Crippen LogP contribution >= 0.6 is 0 Å². The number of nitriles is 1. The standard InChI is InChI=1S/C17H29N3O/c1-13(2)17(3,12-18)19-16(21)11-20-9-8-14-6-4-5-7-15(14)10-20/h13-15H,4-11H2,1-3H3,(H,19,21)/p+1/t14-,15+,17+/m0/s1. The van der Waals surface area contributed by atoms with Crippen molar-refractivity contribution in [2.45, 2.75) is 58.4 Å². The van der Waals surface area contributed by atoms with Crippen LogP contribution in [0.4, 0.5) is 0 Å². The molecule has 0 bridgehead atoms. The fourth-order valence-corrected chi connectivity index (χ4v) is 3.82. The molecule has 1 heterocycles. The lowest BCUT2D eigenvalue weighted by molar-refractivity contribution is -0.902. The third-order valence-electron chi connectivity index (χ3n) is 5.68. The zero-order valence-electron chi connectivity index (χ0n) is 13.7. The van der Waals surface area contributed by atoms with E-state index >= 15 is 0 Å². The molecule has 21 heavy (non-hydrogen) atoms. The summed E-state index contributed by atoms with van der Waals surface area (Å²) in [5.41, 5.74) is -0.750. The minimum absolute atomic E-state index is 0.0250. The number of carbonyl (C=O) groups excluding carboxylic acids is 1. The molecule has 1 amide bonds. The summed E-state index contributed by atoms with van der Waals surface area (Å²) >= 11 is 0. The summed E-state index contributed by atoms with van der Waals surface area (Å²) in [6.45, 7) is 8.54. The summed E-state index contributed by atoms with van der Waals surface area (Å²) in [5.74, 6) is 1.87. The summed E-state index contributed by atoms with van der Waals surface area (Å²) in [7, 11) is 0. The van der Waals surface area contributed by atoms with Crippen molar-refractivity contribution in [3.05, 3.63) is 0 Å². The van der Waals surface area contributed by atoms with Gasteiger partial charge in [-0.15, -0.1) is 0 Å². The SMILES string of the molecule is CC(C)[C@@](C)(C#N)NC(=O)C[NH+]1CC[C@@H]2CCCC[C@@H]2C1. The van der Waals surface area contributed by atoms with E-state index in [0.29, 0.717) is 6.54 Å². The van der Waals surface area contributed by atoms with Crippen LogP contribution in [0.5, 0.6) is 0 Å². The highest BCUT2D eigenvalue weighted by Gasteiger charge is 2.36. The lowest BCUT2D eigenvalue weighted by Crippen LogP contribution is -3.15. The van der Waals surface area contributed by atoms with Gasteiger partial charge < -0.3 is 10.2 Å². The average molecular weight is 292 g/mol. The number of amides is 1. The highest BCUT2D eigenvalue weighted by atomic mass is 16.2. The zero-order chi connectivity index (χ0) is 15.5. The molecule has 4 heteroatoms. The van der Waals surface area contributed by atoms with Crippen LogP contribution in [0, 0.1) is 29.1 Å². The van der Waals surface area contributed by atoms with Crippen molar-refractivity contribution in [2.75, 3.05) is 19.6 Å². The Kier molecular flexibility index (Phi) is 5.27. The second-order valence-electron chi connectivity index (χ2n) is 7.49. The van der Waals surface area contributed by atoms with Crippen LogP contribution in [0.1, 0.15) is 52.9 Å². The summed E-state index contributed by atoms with van der Waals surface area (Å²) in [5, 5.41) is 12.2. The first-order chi connectivity index (χ1) is 9.94. The Morgan fingerprint density at radius 1 is 1.33 bits per heavy atom. The van der Waals surface area contributed by atoms with Crippen molar-refractivity contribution in [1.82, 2.24) is 5.32 Å². The number of fused-ring (bicyclic) bond motifs is 1. The smallest absolute Gasteiger partial charge is 0.276 e. The van der Waals surface area contributed by atoms with Gasteiger partial charge in [0.2, 0.25) is 0 Å². The Labute approximate surface area is 128 Å². The molecule has 4 atom stereocenters. The monoisotopic (exact) mass is 292 g/mol. The average Bonchev–Trinajstić information content (AvgIpc) is 2.46. The molecule has 0 radical (unpaired) electrons. The number of hydrogen-bond acceptors (Lipinski definition) is 2. The number of piperidine rings is 1. The molecule has 0 spiro atoms. The van der Waals surface area contributed by atoms with Crippen molar-refractivity contribution in [2.24, 2.45) is 17.8 Å². The normalized spacial score (nSPS) is 31.9. The first-order valence-corrected chi connectivity index (χ1v) is 8.50. The van der Waals surface area contributed by atoms with E-state index < -0.39 is 5.54 Å². The number of likely N-dealkylation sites (tertiary alicyclic amines) is 1. The van der Waals surface area contributed by atoms with Crippen LogP contribution in [-0.4, -0.2) is 31.1 Å². The predicted octanol–water partition coefficient (Wildman–Crippen LogP) is 1.14. The van der Waals surface area contributed by atoms with Gasteiger partial charge in [0, 0.05) is 5.92 Å². The Morgan fingerprint density at radius 2 is 2.00 bits per heavy atom. The third-order valence-corrected chi connectivity index (χ3v) is 5.68. The van der Waals surface area contributed by atoms with Crippen molar-refractivity contribution in [3.8, 4) is 6.07 Å². The van der Waals surface area contributed by atoms with E-state index in [9.17, 15) is 10.1 Å². The topological polar surface area (TPSA) is 57.3 Å². The van der Waals surface area contributed by atoms with Crippen molar-refractivity contribution in [1.29, 1.82) is 5.26 Å². The number of quaternary nitrogens is 1. The lowest BCUT2D eigenvalue weighted by atomic mass is 9.75. The number of carbonyl (C=O) groups is 1. The first kappa shape index (κ1) is 16.3. The highest BCUT2D eigenvalue weighted by molar-refractivity contribution is 5.78. The predicted molar refractivity (Wildman–Crippen MR) is 82.6 cm³/mol. The van der Waals surface area contributed by atoms with Gasteiger partial charge in [0.05, 0.1) is 19.2 Å². The van der Waals surface area contributed by atoms with Crippen LogP contribution in [0.25, 0.3) is 0 Å². The number of rotatable bonds is 4. The fourth-order valence-electron chi connectivity index (χ4n) is 3.82. The zero-order valence-corrected chi connectivity index (χ0v) is 13.7. The number of nitrogens with one attached hydrogen (secondary N) is 2. The molecule has 1 saturated carbocycles. The summed E-state index contributed by atoms with van der Waals surface area (Å²) < 4.78 is 0. The van der Waals surface area contributed by atoms with Crippen LogP contribution in [0.3, 0.4) is 0 Å². The van der Waals surface area contributed by atoms with Gasteiger partial charge in [-0.2, -0.15) is 5.26 Å². The van der Waals surface area contributed by atoms with Crippen molar-refractivity contribution < 1.29 is 9.69 Å². The van der Waals surface area contributed by atoms with Gasteiger partial charge in [0.1, 0.15) is 5.54 Å². The Hall–Kier alpha value is -1.08. The molecule has 1 aliphatic heterocycles. The highest BCUT2D eigenvalue weighted by Crippen LogP contribution is 2.32. The van der Waals surface area contributed by atoms with Crippen LogP contribution in [0.15, 0.2) is 0 Å². The molecule has 4 nitrogen and oxygen atoms in total. The van der Waals surface area contributed by atoms with Crippen LogP contribution < -0.4 is 10.2 Å². The Morgan fingerprint density at radius 3 is 2.62 bits per heavy atom. The molecule has 118 valence electrons. The molecular formula is C17H30N3O+. The van der Waals surface area contributed by atoms with Gasteiger partial charge >= 0.3 is 0 Å². The van der Waals surface area contributed by atoms with E-state index in [-0.39, 0.29) is 11.8 Å². The molecule has 2 aliphatic rings. The third kappa shape index (κ3) is 3.97. The molecule has 0 aromatic rings. The van der Waals surface area contributed by atoms with Crippen molar-refractivity contribution in [3.63, 3.8) is 0 Å². The summed E-state index contributed by atoms with van der Waals surface area (Å²) in [6.07, 6.45) is 6.76. The largest absolute Gasteiger partial charge is 0.333 e. The number of nitrogens with zero attached hydrogens (tertiary/aromatic N) is 1. The fraction of sp³-hybridized carbons (Fsp3) is 0.882. The van der Waals surface area contributed by atoms with Gasteiger partial charge in [0.15, 0.2) is 6.54 Å². The summed E-state index contributed by atoms with van der Waals surface area (Å²) in [4.78, 5) is 13.7. The lowest BCUT2D eigenvalue weighted by Gasteiger charge is -2.39. The van der Waals surface area contributed by atoms with Crippen LogP contribution in [-0.2, 0) is 4.79 Å². The Bertz CT molecular complexity index is 415. The van der Waals surface area contributed by atoms with Gasteiger partial charge in [-0.05, 0) is 38.0 Å². The second kappa shape index (κ2) is 6.79. The van der Waals surface area contributed by atoms with Gasteiger partial charge in [0.25, 0.3) is 5.91 Å². The maximum Gasteiger partial charge on any atom is 0.276 e. The molecule has 1 aliphatic carbocycles. The van der Waals surface area contributed by atoms with Crippen molar-refractivity contribution >= 4 is 5.91 Å². The molecule has 2 N–H and O–H groups in total.